The molecule has 0 saturated heterocycles. The van der Waals surface area contributed by atoms with Crippen LogP contribution >= 0.6 is 0 Å². The van der Waals surface area contributed by atoms with Gasteiger partial charge in [-0.05, 0) is 36.6 Å². The van der Waals surface area contributed by atoms with Crippen molar-refractivity contribution in [2.24, 2.45) is 0 Å². The Balaban J connectivity index is 1.78. The lowest BCUT2D eigenvalue weighted by molar-refractivity contribution is 0.248. The van der Waals surface area contributed by atoms with Gasteiger partial charge in [0.1, 0.15) is 0 Å². The van der Waals surface area contributed by atoms with E-state index in [0.717, 1.165) is 18.7 Å². The van der Waals surface area contributed by atoms with Gasteiger partial charge in [-0.2, -0.15) is 0 Å². The van der Waals surface area contributed by atoms with E-state index >= 15 is 0 Å². The molecule has 0 aliphatic carbocycles. The molecule has 0 radical (unpaired) electrons. The van der Waals surface area contributed by atoms with Crippen molar-refractivity contribution in [3.63, 3.8) is 0 Å². The van der Waals surface area contributed by atoms with Gasteiger partial charge in [-0.15, -0.1) is 0 Å². The van der Waals surface area contributed by atoms with E-state index in [1.165, 1.54) is 56.3 Å². The van der Waals surface area contributed by atoms with Gasteiger partial charge in [0.15, 0.2) is 0 Å². The SMILES string of the molecule is CCCCCCCN1CCc2c(N)cccc2C1. The number of rotatable bonds is 6. The Bertz CT molecular complexity index is 373. The lowest BCUT2D eigenvalue weighted by Gasteiger charge is -2.29. The van der Waals surface area contributed by atoms with Crippen molar-refractivity contribution in [3.8, 4) is 0 Å². The predicted molar refractivity (Wildman–Crippen MR) is 78.6 cm³/mol. The topological polar surface area (TPSA) is 29.3 Å². The van der Waals surface area contributed by atoms with Gasteiger partial charge >= 0.3 is 0 Å². The van der Waals surface area contributed by atoms with Crippen LogP contribution in [0.3, 0.4) is 0 Å². The quantitative estimate of drug-likeness (QED) is 0.614. The van der Waals surface area contributed by atoms with Crippen molar-refractivity contribution >= 4 is 5.69 Å². The summed E-state index contributed by atoms with van der Waals surface area (Å²) in [6.45, 7) is 5.78. The molecule has 1 aliphatic heterocycles. The first-order valence-electron chi connectivity index (χ1n) is 7.40. The molecule has 100 valence electrons. The minimum Gasteiger partial charge on any atom is -0.398 e. The van der Waals surface area contributed by atoms with Crippen molar-refractivity contribution in [2.75, 3.05) is 18.8 Å². The van der Waals surface area contributed by atoms with Gasteiger partial charge in [-0.1, -0.05) is 44.7 Å². The summed E-state index contributed by atoms with van der Waals surface area (Å²) in [6.07, 6.45) is 7.96. The summed E-state index contributed by atoms with van der Waals surface area (Å²) in [5, 5.41) is 0. The van der Waals surface area contributed by atoms with E-state index in [-0.39, 0.29) is 0 Å². The highest BCUT2D eigenvalue weighted by Gasteiger charge is 2.16. The summed E-state index contributed by atoms with van der Waals surface area (Å²) in [7, 11) is 0. The normalized spacial score (nSPS) is 15.6. The van der Waals surface area contributed by atoms with Crippen LogP contribution < -0.4 is 5.73 Å². The van der Waals surface area contributed by atoms with Gasteiger partial charge in [0.25, 0.3) is 0 Å². The molecule has 0 fully saturated rings. The first-order valence-corrected chi connectivity index (χ1v) is 7.40. The lowest BCUT2D eigenvalue weighted by Crippen LogP contribution is -2.31. The minimum atomic E-state index is 0.982. The Hall–Kier alpha value is -1.02. The fourth-order valence-electron chi connectivity index (χ4n) is 2.83. The average molecular weight is 246 g/mol. The van der Waals surface area contributed by atoms with Crippen LogP contribution in [0, 0.1) is 0 Å². The smallest absolute Gasteiger partial charge is 0.0350 e. The number of nitrogen functional groups attached to an aromatic ring is 1. The van der Waals surface area contributed by atoms with Gasteiger partial charge in [0, 0.05) is 18.8 Å². The predicted octanol–water partition coefficient (Wildman–Crippen LogP) is 3.60. The number of nitrogens with zero attached hydrogens (tertiary/aromatic N) is 1. The fourth-order valence-corrected chi connectivity index (χ4v) is 2.83. The van der Waals surface area contributed by atoms with Gasteiger partial charge in [-0.3, -0.25) is 4.90 Å². The number of unbranched alkanes of at least 4 members (excludes halogenated alkanes) is 4. The zero-order valence-electron chi connectivity index (χ0n) is 11.6. The number of nitrogens with two attached hydrogens (primary N) is 1. The number of benzene rings is 1. The monoisotopic (exact) mass is 246 g/mol. The van der Waals surface area contributed by atoms with Crippen LogP contribution in [0.4, 0.5) is 5.69 Å². The second-order valence-electron chi connectivity index (χ2n) is 5.43. The zero-order chi connectivity index (χ0) is 12.8. The molecule has 1 heterocycles. The van der Waals surface area contributed by atoms with Crippen LogP contribution in [0.2, 0.25) is 0 Å². The first kappa shape index (κ1) is 13.4. The number of anilines is 1. The van der Waals surface area contributed by atoms with Crippen molar-refractivity contribution < 1.29 is 0 Å². The Morgan fingerprint density at radius 2 is 2.00 bits per heavy atom. The summed E-state index contributed by atoms with van der Waals surface area (Å²) in [6, 6.07) is 6.34. The van der Waals surface area contributed by atoms with E-state index in [0.29, 0.717) is 0 Å². The molecular formula is C16H26N2. The maximum absolute atomic E-state index is 6.02. The summed E-state index contributed by atoms with van der Waals surface area (Å²) < 4.78 is 0. The molecule has 1 aromatic carbocycles. The molecule has 0 unspecified atom stereocenters. The third-order valence-electron chi connectivity index (χ3n) is 3.96. The Labute approximate surface area is 111 Å². The second kappa shape index (κ2) is 6.79. The van der Waals surface area contributed by atoms with E-state index in [2.05, 4.69) is 24.0 Å². The molecule has 1 aliphatic rings. The molecule has 2 heteroatoms. The summed E-state index contributed by atoms with van der Waals surface area (Å²) in [4.78, 5) is 2.58. The van der Waals surface area contributed by atoms with Crippen LogP contribution in [0.15, 0.2) is 18.2 Å². The molecule has 18 heavy (non-hydrogen) atoms. The van der Waals surface area contributed by atoms with E-state index in [1.807, 2.05) is 6.07 Å². The Kier molecular flexibility index (Phi) is 5.06. The highest BCUT2D eigenvalue weighted by atomic mass is 15.1. The van der Waals surface area contributed by atoms with Crippen molar-refractivity contribution in [1.82, 2.24) is 4.90 Å². The highest BCUT2D eigenvalue weighted by molar-refractivity contribution is 5.51. The van der Waals surface area contributed by atoms with E-state index in [1.54, 1.807) is 0 Å². The van der Waals surface area contributed by atoms with Gasteiger partial charge in [0.2, 0.25) is 0 Å². The van der Waals surface area contributed by atoms with E-state index in [4.69, 9.17) is 5.73 Å². The third kappa shape index (κ3) is 3.49. The summed E-state index contributed by atoms with van der Waals surface area (Å²) in [5.41, 5.74) is 9.83. The molecule has 1 aromatic rings. The molecule has 0 bridgehead atoms. The van der Waals surface area contributed by atoms with Crippen LogP contribution in [-0.4, -0.2) is 18.0 Å². The van der Waals surface area contributed by atoms with Gasteiger partial charge < -0.3 is 5.73 Å². The Morgan fingerprint density at radius 3 is 2.83 bits per heavy atom. The van der Waals surface area contributed by atoms with Crippen molar-refractivity contribution in [2.45, 2.75) is 52.0 Å². The molecule has 0 spiro atoms. The van der Waals surface area contributed by atoms with Crippen molar-refractivity contribution in [1.29, 1.82) is 0 Å². The standard InChI is InChI=1S/C16H26N2/c1-2-3-4-5-6-11-18-12-10-15-14(13-18)8-7-9-16(15)17/h7-9H,2-6,10-13,17H2,1H3. The highest BCUT2D eigenvalue weighted by Crippen LogP contribution is 2.24. The summed E-state index contributed by atoms with van der Waals surface area (Å²) in [5.74, 6) is 0. The van der Waals surface area contributed by atoms with Crippen LogP contribution in [0.5, 0.6) is 0 Å². The van der Waals surface area contributed by atoms with Gasteiger partial charge in [-0.25, -0.2) is 0 Å². The average Bonchev–Trinajstić information content (AvgIpc) is 2.39. The molecular weight excluding hydrogens is 220 g/mol. The van der Waals surface area contributed by atoms with E-state index in [9.17, 15) is 0 Å². The molecule has 0 saturated carbocycles. The van der Waals surface area contributed by atoms with Crippen LogP contribution in [0.1, 0.15) is 50.2 Å². The first-order chi connectivity index (χ1) is 8.81. The van der Waals surface area contributed by atoms with E-state index < -0.39 is 0 Å². The Morgan fingerprint density at radius 1 is 1.17 bits per heavy atom. The van der Waals surface area contributed by atoms with Crippen LogP contribution in [-0.2, 0) is 13.0 Å². The van der Waals surface area contributed by atoms with Crippen LogP contribution in [0.25, 0.3) is 0 Å². The molecule has 0 atom stereocenters. The third-order valence-corrected chi connectivity index (χ3v) is 3.96. The molecule has 2 nitrogen and oxygen atoms in total. The van der Waals surface area contributed by atoms with Gasteiger partial charge in [0.05, 0.1) is 0 Å². The maximum Gasteiger partial charge on any atom is 0.0350 e. The lowest BCUT2D eigenvalue weighted by atomic mass is 9.98. The molecule has 0 aromatic heterocycles. The molecule has 2 N–H and O–H groups in total. The number of hydrogen-bond donors (Lipinski definition) is 1. The second-order valence-corrected chi connectivity index (χ2v) is 5.43. The minimum absolute atomic E-state index is 0.982. The number of fused-ring (bicyclic) bond motifs is 1. The van der Waals surface area contributed by atoms with Crippen molar-refractivity contribution in [3.05, 3.63) is 29.3 Å². The number of hydrogen-bond acceptors (Lipinski definition) is 2. The largest absolute Gasteiger partial charge is 0.398 e. The maximum atomic E-state index is 6.02. The summed E-state index contributed by atoms with van der Waals surface area (Å²) >= 11 is 0. The fraction of sp³-hybridized carbons (Fsp3) is 0.625. The zero-order valence-corrected chi connectivity index (χ0v) is 11.6. The molecule has 0 amide bonds. The molecule has 2 rings (SSSR count).